The molecule has 0 aliphatic carbocycles. The van der Waals surface area contributed by atoms with Gasteiger partial charge in [-0.1, -0.05) is 18.2 Å². The summed E-state index contributed by atoms with van der Waals surface area (Å²) < 4.78 is 0. The standard InChI is InChI=1S/C17H27N3/c1-13-10-20(11-14(2)19(13)3)12-15-4-5-16-6-7-18-9-17(16)8-15/h4-5,8,13-14,18H,6-7,9-12H2,1-3H3. The molecular weight excluding hydrogens is 246 g/mol. The molecule has 2 aliphatic rings. The lowest BCUT2D eigenvalue weighted by atomic mass is 9.98. The molecular formula is C17H27N3. The number of nitrogens with zero attached hydrogens (tertiary/aromatic N) is 2. The van der Waals surface area contributed by atoms with Crippen LogP contribution in [0.3, 0.4) is 0 Å². The molecule has 0 spiro atoms. The van der Waals surface area contributed by atoms with Crippen LogP contribution in [-0.2, 0) is 19.5 Å². The maximum Gasteiger partial charge on any atom is 0.0235 e. The van der Waals surface area contributed by atoms with Crippen LogP contribution in [0.15, 0.2) is 18.2 Å². The lowest BCUT2D eigenvalue weighted by Crippen LogP contribution is -2.54. The minimum Gasteiger partial charge on any atom is -0.312 e. The van der Waals surface area contributed by atoms with Crippen molar-refractivity contribution in [1.29, 1.82) is 0 Å². The van der Waals surface area contributed by atoms with Gasteiger partial charge >= 0.3 is 0 Å². The summed E-state index contributed by atoms with van der Waals surface area (Å²) in [5.74, 6) is 0. The van der Waals surface area contributed by atoms with E-state index >= 15 is 0 Å². The van der Waals surface area contributed by atoms with E-state index in [1.54, 1.807) is 0 Å². The number of fused-ring (bicyclic) bond motifs is 1. The van der Waals surface area contributed by atoms with Gasteiger partial charge in [0.15, 0.2) is 0 Å². The Morgan fingerprint density at radius 1 is 1.15 bits per heavy atom. The molecule has 2 unspecified atom stereocenters. The van der Waals surface area contributed by atoms with E-state index in [0.29, 0.717) is 12.1 Å². The van der Waals surface area contributed by atoms with Gasteiger partial charge in [-0.15, -0.1) is 0 Å². The van der Waals surface area contributed by atoms with E-state index in [2.05, 4.69) is 54.2 Å². The predicted molar refractivity (Wildman–Crippen MR) is 83.8 cm³/mol. The molecule has 2 aliphatic heterocycles. The van der Waals surface area contributed by atoms with Crippen LogP contribution in [0.5, 0.6) is 0 Å². The number of hydrogen-bond acceptors (Lipinski definition) is 3. The third kappa shape index (κ3) is 2.90. The lowest BCUT2D eigenvalue weighted by Gasteiger charge is -2.42. The van der Waals surface area contributed by atoms with Gasteiger partial charge < -0.3 is 5.32 Å². The Bertz CT molecular complexity index is 459. The fraction of sp³-hybridized carbons (Fsp3) is 0.647. The quantitative estimate of drug-likeness (QED) is 0.887. The van der Waals surface area contributed by atoms with Crippen molar-refractivity contribution < 1.29 is 0 Å². The van der Waals surface area contributed by atoms with Gasteiger partial charge in [-0.2, -0.15) is 0 Å². The zero-order valence-electron chi connectivity index (χ0n) is 13.0. The fourth-order valence-electron chi connectivity index (χ4n) is 3.53. The van der Waals surface area contributed by atoms with Crippen LogP contribution < -0.4 is 5.32 Å². The SMILES string of the molecule is CC1CN(Cc2ccc3c(c2)CNCC3)CC(C)N1C. The van der Waals surface area contributed by atoms with Gasteiger partial charge in [-0.25, -0.2) is 0 Å². The maximum absolute atomic E-state index is 3.47. The van der Waals surface area contributed by atoms with E-state index in [1.807, 2.05) is 0 Å². The summed E-state index contributed by atoms with van der Waals surface area (Å²) in [6.07, 6.45) is 1.18. The second-order valence-corrected chi connectivity index (χ2v) is 6.59. The van der Waals surface area contributed by atoms with Gasteiger partial charge in [0.2, 0.25) is 0 Å². The molecule has 1 fully saturated rings. The monoisotopic (exact) mass is 273 g/mol. The topological polar surface area (TPSA) is 18.5 Å². The van der Waals surface area contributed by atoms with Crippen LogP contribution in [-0.4, -0.2) is 48.6 Å². The normalized spacial score (nSPS) is 28.4. The summed E-state index contributed by atoms with van der Waals surface area (Å²) in [5, 5.41) is 3.47. The first kappa shape index (κ1) is 14.1. The molecule has 110 valence electrons. The summed E-state index contributed by atoms with van der Waals surface area (Å²) in [6.45, 7) is 10.3. The molecule has 2 atom stereocenters. The van der Waals surface area contributed by atoms with E-state index in [4.69, 9.17) is 0 Å². The highest BCUT2D eigenvalue weighted by Crippen LogP contribution is 2.19. The van der Waals surface area contributed by atoms with E-state index < -0.39 is 0 Å². The van der Waals surface area contributed by atoms with Crippen LogP contribution in [0, 0.1) is 0 Å². The molecule has 0 amide bonds. The molecule has 0 bridgehead atoms. The van der Waals surface area contributed by atoms with Gasteiger partial charge in [0.25, 0.3) is 0 Å². The van der Waals surface area contributed by atoms with Crippen molar-refractivity contribution in [3.63, 3.8) is 0 Å². The summed E-state index contributed by atoms with van der Waals surface area (Å²) in [5.41, 5.74) is 4.51. The molecule has 0 radical (unpaired) electrons. The van der Waals surface area contributed by atoms with Crippen molar-refractivity contribution in [1.82, 2.24) is 15.1 Å². The minimum atomic E-state index is 0.651. The van der Waals surface area contributed by atoms with Gasteiger partial charge in [0.05, 0.1) is 0 Å². The number of nitrogens with one attached hydrogen (secondary N) is 1. The van der Waals surface area contributed by atoms with Crippen LogP contribution in [0.1, 0.15) is 30.5 Å². The Morgan fingerprint density at radius 2 is 1.90 bits per heavy atom. The van der Waals surface area contributed by atoms with Crippen molar-refractivity contribution in [3.05, 3.63) is 34.9 Å². The van der Waals surface area contributed by atoms with Crippen molar-refractivity contribution in [3.8, 4) is 0 Å². The maximum atomic E-state index is 3.47. The number of piperazine rings is 1. The van der Waals surface area contributed by atoms with Gasteiger partial charge in [0, 0.05) is 38.3 Å². The molecule has 20 heavy (non-hydrogen) atoms. The highest BCUT2D eigenvalue weighted by Gasteiger charge is 2.26. The summed E-state index contributed by atoms with van der Waals surface area (Å²) in [6, 6.07) is 8.39. The Labute approximate surface area is 123 Å². The van der Waals surface area contributed by atoms with E-state index in [1.165, 1.54) is 36.2 Å². The van der Waals surface area contributed by atoms with Gasteiger partial charge in [0.1, 0.15) is 0 Å². The third-order valence-electron chi connectivity index (χ3n) is 5.00. The predicted octanol–water partition coefficient (Wildman–Crippen LogP) is 1.86. The Hall–Kier alpha value is -0.900. The van der Waals surface area contributed by atoms with Crippen LogP contribution in [0.4, 0.5) is 0 Å². The Morgan fingerprint density at radius 3 is 2.65 bits per heavy atom. The van der Waals surface area contributed by atoms with Crippen molar-refractivity contribution in [2.24, 2.45) is 0 Å². The van der Waals surface area contributed by atoms with Crippen molar-refractivity contribution in [2.75, 3.05) is 26.7 Å². The molecule has 3 heteroatoms. The number of hydrogen-bond donors (Lipinski definition) is 1. The second kappa shape index (κ2) is 5.84. The minimum absolute atomic E-state index is 0.651. The summed E-state index contributed by atoms with van der Waals surface area (Å²) >= 11 is 0. The largest absolute Gasteiger partial charge is 0.312 e. The first-order valence-electron chi connectivity index (χ1n) is 7.89. The lowest BCUT2D eigenvalue weighted by molar-refractivity contribution is 0.0556. The molecule has 1 N–H and O–H groups in total. The fourth-order valence-corrected chi connectivity index (χ4v) is 3.53. The van der Waals surface area contributed by atoms with E-state index in [-0.39, 0.29) is 0 Å². The van der Waals surface area contributed by atoms with Crippen LogP contribution in [0.25, 0.3) is 0 Å². The first-order chi connectivity index (χ1) is 9.63. The molecule has 3 nitrogen and oxygen atoms in total. The molecule has 1 saturated heterocycles. The second-order valence-electron chi connectivity index (χ2n) is 6.59. The highest BCUT2D eigenvalue weighted by molar-refractivity contribution is 5.33. The molecule has 3 rings (SSSR count). The Kier molecular flexibility index (Phi) is 4.11. The summed E-state index contributed by atoms with van der Waals surface area (Å²) in [7, 11) is 2.25. The zero-order chi connectivity index (χ0) is 14.1. The van der Waals surface area contributed by atoms with Crippen LogP contribution in [0.2, 0.25) is 0 Å². The van der Waals surface area contributed by atoms with Gasteiger partial charge in [-0.05, 0) is 50.6 Å². The van der Waals surface area contributed by atoms with Crippen LogP contribution >= 0.6 is 0 Å². The zero-order valence-corrected chi connectivity index (χ0v) is 13.0. The highest BCUT2D eigenvalue weighted by atomic mass is 15.3. The summed E-state index contributed by atoms with van der Waals surface area (Å²) in [4.78, 5) is 5.10. The number of rotatable bonds is 2. The van der Waals surface area contributed by atoms with Crippen molar-refractivity contribution >= 4 is 0 Å². The van der Waals surface area contributed by atoms with Crippen molar-refractivity contribution in [2.45, 2.75) is 45.4 Å². The third-order valence-corrected chi connectivity index (χ3v) is 5.00. The molecule has 1 aromatic rings. The van der Waals surface area contributed by atoms with E-state index in [0.717, 1.165) is 19.6 Å². The van der Waals surface area contributed by atoms with E-state index in [9.17, 15) is 0 Å². The number of likely N-dealkylation sites (N-methyl/N-ethyl adjacent to an activating group) is 1. The average Bonchev–Trinajstić information content (AvgIpc) is 2.44. The Balaban J connectivity index is 1.68. The molecule has 1 aromatic carbocycles. The smallest absolute Gasteiger partial charge is 0.0235 e. The number of benzene rings is 1. The first-order valence-corrected chi connectivity index (χ1v) is 7.89. The molecule has 2 heterocycles. The molecule has 0 aromatic heterocycles. The average molecular weight is 273 g/mol. The molecule has 0 saturated carbocycles. The van der Waals surface area contributed by atoms with Gasteiger partial charge in [-0.3, -0.25) is 9.80 Å².